The summed E-state index contributed by atoms with van der Waals surface area (Å²) in [7, 11) is 1.99. The van der Waals surface area contributed by atoms with E-state index in [1.54, 1.807) is 18.5 Å². The van der Waals surface area contributed by atoms with E-state index in [0.717, 1.165) is 29.9 Å². The van der Waals surface area contributed by atoms with Crippen molar-refractivity contribution in [1.29, 1.82) is 0 Å². The number of amides is 1. The Morgan fingerprint density at radius 1 is 1.13 bits per heavy atom. The highest BCUT2D eigenvalue weighted by molar-refractivity contribution is 7.98. The summed E-state index contributed by atoms with van der Waals surface area (Å²) in [6, 6.07) is 13.1. The fourth-order valence-corrected chi connectivity index (χ4v) is 3.85. The first kappa shape index (κ1) is 22.1. The maximum absolute atomic E-state index is 12.5. The van der Waals surface area contributed by atoms with E-state index in [-0.39, 0.29) is 5.91 Å². The molecule has 1 aromatic carbocycles. The van der Waals surface area contributed by atoms with E-state index in [9.17, 15) is 4.79 Å². The Labute approximate surface area is 186 Å². The maximum atomic E-state index is 12.5. The molecule has 0 bridgehead atoms. The van der Waals surface area contributed by atoms with Gasteiger partial charge in [0.05, 0.1) is 0 Å². The Kier molecular flexibility index (Phi) is 8.04. The predicted molar refractivity (Wildman–Crippen MR) is 122 cm³/mol. The van der Waals surface area contributed by atoms with Gasteiger partial charge in [-0.15, -0.1) is 0 Å². The van der Waals surface area contributed by atoms with Crippen LogP contribution < -0.4 is 10.2 Å². The Bertz CT molecular complexity index is 986. The standard InChI is InChI=1S/C22H24ClN5OS/c1-3-11-28(2)20-13-19(23)26-22(27-20)30-15-17-5-4-6-18(12-17)21(29)25-14-16-7-9-24-10-8-16/h4-10,12-13H,3,11,14-15H2,1-2H3,(H,25,29). The molecule has 0 aliphatic heterocycles. The van der Waals surface area contributed by atoms with E-state index >= 15 is 0 Å². The highest BCUT2D eigenvalue weighted by atomic mass is 35.5. The number of hydrogen-bond acceptors (Lipinski definition) is 6. The van der Waals surface area contributed by atoms with Crippen molar-refractivity contribution in [2.45, 2.75) is 30.8 Å². The average molecular weight is 442 g/mol. The SMILES string of the molecule is CCCN(C)c1cc(Cl)nc(SCc2cccc(C(=O)NCc3ccncc3)c2)n1. The summed E-state index contributed by atoms with van der Waals surface area (Å²) in [6.45, 7) is 3.48. The molecule has 1 amide bonds. The van der Waals surface area contributed by atoms with Crippen molar-refractivity contribution in [1.82, 2.24) is 20.3 Å². The lowest BCUT2D eigenvalue weighted by atomic mass is 10.1. The molecule has 3 aromatic rings. The number of carbonyl (C=O) groups is 1. The molecule has 0 spiro atoms. The van der Waals surface area contributed by atoms with E-state index in [1.165, 1.54) is 11.8 Å². The molecule has 0 unspecified atom stereocenters. The van der Waals surface area contributed by atoms with Gasteiger partial charge < -0.3 is 10.2 Å². The van der Waals surface area contributed by atoms with Gasteiger partial charge >= 0.3 is 0 Å². The molecule has 2 aromatic heterocycles. The van der Waals surface area contributed by atoms with Crippen molar-refractivity contribution in [2.24, 2.45) is 0 Å². The number of anilines is 1. The molecule has 0 aliphatic rings. The van der Waals surface area contributed by atoms with Crippen LogP contribution in [0.25, 0.3) is 0 Å². The molecule has 3 rings (SSSR count). The molecule has 0 aliphatic carbocycles. The van der Waals surface area contributed by atoms with Crippen LogP contribution in [0.4, 0.5) is 5.82 Å². The van der Waals surface area contributed by atoms with E-state index in [0.29, 0.717) is 28.2 Å². The summed E-state index contributed by atoms with van der Waals surface area (Å²) in [5.41, 5.74) is 2.65. The van der Waals surface area contributed by atoms with Crippen molar-refractivity contribution >= 4 is 35.1 Å². The maximum Gasteiger partial charge on any atom is 0.251 e. The first-order valence-electron chi connectivity index (χ1n) is 9.69. The second-order valence-electron chi connectivity index (χ2n) is 6.78. The third kappa shape index (κ3) is 6.43. The number of nitrogens with one attached hydrogen (secondary N) is 1. The van der Waals surface area contributed by atoms with E-state index in [1.807, 2.05) is 43.4 Å². The first-order valence-corrected chi connectivity index (χ1v) is 11.1. The summed E-state index contributed by atoms with van der Waals surface area (Å²) in [6.07, 6.45) is 4.45. The van der Waals surface area contributed by atoms with Crippen LogP contribution >= 0.6 is 23.4 Å². The molecule has 0 radical (unpaired) electrons. The van der Waals surface area contributed by atoms with Gasteiger partial charge in [0.25, 0.3) is 5.91 Å². The Morgan fingerprint density at radius 2 is 1.93 bits per heavy atom. The zero-order chi connectivity index (χ0) is 21.3. The summed E-state index contributed by atoms with van der Waals surface area (Å²) < 4.78 is 0. The van der Waals surface area contributed by atoms with Crippen molar-refractivity contribution < 1.29 is 4.79 Å². The third-order valence-corrected chi connectivity index (χ3v) is 5.48. The first-order chi connectivity index (χ1) is 14.5. The molecule has 30 heavy (non-hydrogen) atoms. The molecule has 6 nitrogen and oxygen atoms in total. The van der Waals surface area contributed by atoms with Gasteiger partial charge in [0, 0.05) is 49.9 Å². The molecular formula is C22H24ClN5OS. The highest BCUT2D eigenvalue weighted by Gasteiger charge is 2.10. The second-order valence-corrected chi connectivity index (χ2v) is 8.11. The van der Waals surface area contributed by atoms with Gasteiger partial charge in [0.2, 0.25) is 0 Å². The minimum absolute atomic E-state index is 0.110. The van der Waals surface area contributed by atoms with Crippen molar-refractivity contribution in [2.75, 3.05) is 18.5 Å². The number of aromatic nitrogens is 3. The van der Waals surface area contributed by atoms with Gasteiger partial charge in [-0.05, 0) is 41.8 Å². The summed E-state index contributed by atoms with van der Waals surface area (Å²) >= 11 is 7.68. The topological polar surface area (TPSA) is 71.0 Å². The van der Waals surface area contributed by atoms with Crippen molar-refractivity contribution in [3.8, 4) is 0 Å². The smallest absolute Gasteiger partial charge is 0.251 e. The number of halogens is 1. The van der Waals surface area contributed by atoms with Gasteiger partial charge in [0.15, 0.2) is 5.16 Å². The van der Waals surface area contributed by atoms with Gasteiger partial charge in [-0.3, -0.25) is 9.78 Å². The lowest BCUT2D eigenvalue weighted by Gasteiger charge is -2.17. The molecule has 0 fully saturated rings. The van der Waals surface area contributed by atoms with Crippen LogP contribution in [0.1, 0.15) is 34.8 Å². The van der Waals surface area contributed by atoms with E-state index in [4.69, 9.17) is 11.6 Å². The van der Waals surface area contributed by atoms with Crippen LogP contribution in [0.5, 0.6) is 0 Å². The van der Waals surface area contributed by atoms with Gasteiger partial charge in [0.1, 0.15) is 11.0 Å². The van der Waals surface area contributed by atoms with Gasteiger partial charge in [-0.1, -0.05) is 42.4 Å². The molecule has 0 saturated heterocycles. The zero-order valence-corrected chi connectivity index (χ0v) is 18.6. The number of carbonyl (C=O) groups excluding carboxylic acids is 1. The molecular weight excluding hydrogens is 418 g/mol. The average Bonchev–Trinajstić information content (AvgIpc) is 2.77. The molecule has 0 atom stereocenters. The lowest BCUT2D eigenvalue weighted by Crippen LogP contribution is -2.22. The third-order valence-electron chi connectivity index (χ3n) is 4.37. The Balaban J connectivity index is 1.62. The Hall–Kier alpha value is -2.64. The normalized spacial score (nSPS) is 10.6. The summed E-state index contributed by atoms with van der Waals surface area (Å²) in [5.74, 6) is 1.34. The number of nitrogens with zero attached hydrogens (tertiary/aromatic N) is 4. The van der Waals surface area contributed by atoms with E-state index in [2.05, 4.69) is 32.1 Å². The van der Waals surface area contributed by atoms with Crippen LogP contribution in [0.15, 0.2) is 60.0 Å². The lowest BCUT2D eigenvalue weighted by molar-refractivity contribution is 0.0951. The minimum Gasteiger partial charge on any atom is -0.360 e. The quantitative estimate of drug-likeness (QED) is 0.297. The number of thioether (sulfide) groups is 1. The van der Waals surface area contributed by atoms with Gasteiger partial charge in [-0.2, -0.15) is 0 Å². The number of pyridine rings is 1. The van der Waals surface area contributed by atoms with Crippen LogP contribution in [-0.4, -0.2) is 34.5 Å². The number of hydrogen-bond donors (Lipinski definition) is 1. The summed E-state index contributed by atoms with van der Waals surface area (Å²) in [4.78, 5) is 27.4. The largest absolute Gasteiger partial charge is 0.360 e. The van der Waals surface area contributed by atoms with Crippen LogP contribution in [0, 0.1) is 0 Å². The zero-order valence-electron chi connectivity index (χ0n) is 17.0. The predicted octanol–water partition coefficient (Wildman–Crippen LogP) is 4.59. The second kappa shape index (κ2) is 10.9. The van der Waals surface area contributed by atoms with Crippen LogP contribution in [0.2, 0.25) is 5.15 Å². The van der Waals surface area contributed by atoms with Crippen molar-refractivity contribution in [3.05, 3.63) is 76.7 Å². The van der Waals surface area contributed by atoms with Crippen molar-refractivity contribution in [3.63, 3.8) is 0 Å². The van der Waals surface area contributed by atoms with E-state index < -0.39 is 0 Å². The van der Waals surface area contributed by atoms with Crippen LogP contribution in [-0.2, 0) is 12.3 Å². The number of benzene rings is 1. The molecule has 1 N–H and O–H groups in total. The Morgan fingerprint density at radius 3 is 2.70 bits per heavy atom. The number of rotatable bonds is 9. The molecule has 2 heterocycles. The fourth-order valence-electron chi connectivity index (χ4n) is 2.83. The summed E-state index contributed by atoms with van der Waals surface area (Å²) in [5, 5.41) is 3.98. The van der Waals surface area contributed by atoms with Gasteiger partial charge in [-0.25, -0.2) is 9.97 Å². The molecule has 0 saturated carbocycles. The minimum atomic E-state index is -0.110. The fraction of sp³-hybridized carbons (Fsp3) is 0.273. The molecule has 8 heteroatoms. The van der Waals surface area contributed by atoms with Crippen LogP contribution in [0.3, 0.4) is 0 Å². The highest BCUT2D eigenvalue weighted by Crippen LogP contribution is 2.24. The molecule has 156 valence electrons. The monoisotopic (exact) mass is 441 g/mol.